The lowest BCUT2D eigenvalue weighted by Gasteiger charge is -2.21. The summed E-state index contributed by atoms with van der Waals surface area (Å²) in [6.07, 6.45) is 10.2. The van der Waals surface area contributed by atoms with Gasteiger partial charge in [0.25, 0.3) is 0 Å². The van der Waals surface area contributed by atoms with E-state index in [1.807, 2.05) is 25.3 Å². The number of fused-ring (bicyclic) bond motifs is 1. The number of nitrogens with zero attached hydrogens (tertiary/aromatic N) is 2. The highest BCUT2D eigenvalue weighted by atomic mass is 16.2. The van der Waals surface area contributed by atoms with E-state index in [1.165, 1.54) is 5.57 Å². The molecule has 1 aliphatic heterocycles. The zero-order valence-corrected chi connectivity index (χ0v) is 15.5. The number of nitrogens with one attached hydrogen (secondary N) is 3. The second-order valence-corrected chi connectivity index (χ2v) is 6.44. The Kier molecular flexibility index (Phi) is 5.51. The highest BCUT2D eigenvalue weighted by Gasteiger charge is 2.14. The molecule has 1 aliphatic rings. The topological polar surface area (TPSA) is 78.9 Å². The Labute approximate surface area is 153 Å². The lowest BCUT2D eigenvalue weighted by atomic mass is 9.97. The van der Waals surface area contributed by atoms with E-state index in [-0.39, 0.29) is 6.03 Å². The minimum Gasteiger partial charge on any atom is -0.384 e. The first-order chi connectivity index (χ1) is 12.6. The fourth-order valence-corrected chi connectivity index (χ4v) is 3.07. The molecule has 3 N–H and O–H groups in total. The predicted molar refractivity (Wildman–Crippen MR) is 106 cm³/mol. The van der Waals surface area contributed by atoms with E-state index in [2.05, 4.69) is 52.0 Å². The van der Waals surface area contributed by atoms with Crippen LogP contribution in [0.3, 0.4) is 0 Å². The molecular weight excluding hydrogens is 326 g/mol. The quantitative estimate of drug-likeness (QED) is 0.765. The van der Waals surface area contributed by atoms with Crippen LogP contribution >= 0.6 is 0 Å². The number of rotatable bonds is 5. The van der Waals surface area contributed by atoms with Gasteiger partial charge in [0, 0.05) is 47.5 Å². The fraction of sp³-hybridized carbons (Fsp3) is 0.350. The molecule has 2 aromatic heterocycles. The maximum atomic E-state index is 11.6. The third kappa shape index (κ3) is 4.02. The van der Waals surface area contributed by atoms with E-state index in [0.29, 0.717) is 18.4 Å². The van der Waals surface area contributed by atoms with Gasteiger partial charge in [-0.15, -0.1) is 0 Å². The Hall–Kier alpha value is -2.89. The van der Waals surface area contributed by atoms with Crippen LogP contribution in [0, 0.1) is 0 Å². The van der Waals surface area contributed by atoms with E-state index < -0.39 is 0 Å². The third-order valence-electron chi connectivity index (χ3n) is 4.38. The minimum atomic E-state index is -0.259. The van der Waals surface area contributed by atoms with E-state index in [4.69, 9.17) is 0 Å². The molecule has 136 valence electrons. The van der Waals surface area contributed by atoms with Crippen LogP contribution in [0.1, 0.15) is 39.3 Å². The van der Waals surface area contributed by atoms with Gasteiger partial charge in [-0.05, 0) is 38.0 Å². The van der Waals surface area contributed by atoms with Crippen molar-refractivity contribution in [2.45, 2.75) is 39.7 Å². The van der Waals surface area contributed by atoms with Crippen molar-refractivity contribution >= 4 is 28.2 Å². The molecule has 0 fully saturated rings. The molecule has 2 amide bonds. The van der Waals surface area contributed by atoms with Gasteiger partial charge in [-0.1, -0.05) is 19.4 Å². The van der Waals surface area contributed by atoms with Gasteiger partial charge in [0.1, 0.15) is 5.82 Å². The van der Waals surface area contributed by atoms with E-state index in [1.54, 1.807) is 6.20 Å². The van der Waals surface area contributed by atoms with Crippen LogP contribution in [0.5, 0.6) is 0 Å². The molecule has 26 heavy (non-hydrogen) atoms. The Bertz CT molecular complexity index is 872. The van der Waals surface area contributed by atoms with Crippen molar-refractivity contribution in [1.82, 2.24) is 20.6 Å². The highest BCUT2D eigenvalue weighted by molar-refractivity contribution is 5.92. The van der Waals surface area contributed by atoms with Crippen molar-refractivity contribution < 1.29 is 4.79 Å². The average Bonchev–Trinajstić information content (AvgIpc) is 2.62. The Morgan fingerprint density at radius 3 is 2.69 bits per heavy atom. The number of pyridine rings is 2. The largest absolute Gasteiger partial charge is 0.384 e. The number of aromatic nitrogens is 2. The maximum absolute atomic E-state index is 11.6. The van der Waals surface area contributed by atoms with Crippen molar-refractivity contribution in [3.63, 3.8) is 0 Å². The minimum absolute atomic E-state index is 0.259. The first kappa shape index (κ1) is 17.9. The second-order valence-electron chi connectivity index (χ2n) is 6.44. The summed E-state index contributed by atoms with van der Waals surface area (Å²) in [4.78, 5) is 20.5. The number of urea groups is 1. The molecule has 2 aromatic rings. The van der Waals surface area contributed by atoms with E-state index in [9.17, 15) is 4.79 Å². The molecule has 0 bridgehead atoms. The summed E-state index contributed by atoms with van der Waals surface area (Å²) < 4.78 is 0. The Balaban J connectivity index is 1.82. The van der Waals surface area contributed by atoms with Crippen LogP contribution in [0.25, 0.3) is 16.3 Å². The average molecular weight is 351 g/mol. The second kappa shape index (κ2) is 7.99. The molecule has 0 radical (unpaired) electrons. The first-order valence-electron chi connectivity index (χ1n) is 9.06. The van der Waals surface area contributed by atoms with Gasteiger partial charge in [-0.3, -0.25) is 10.3 Å². The number of allylic oxidation sites excluding steroid dienone is 2. The normalized spacial score (nSPS) is 16.5. The number of carbonyl (C=O) groups excluding carboxylic acids is 1. The van der Waals surface area contributed by atoms with Crippen molar-refractivity contribution in [3.05, 3.63) is 48.1 Å². The zero-order chi connectivity index (χ0) is 18.5. The number of anilines is 1. The smallest absolute Gasteiger partial charge is 0.320 e. The summed E-state index contributed by atoms with van der Waals surface area (Å²) in [6, 6.07) is 4.00. The SMILES string of the molecule is CCCC1C=C(C)C(c2cc3cnc(NC(=O)NCC)cc3cn2)=CN1. The van der Waals surface area contributed by atoms with Gasteiger partial charge in [0.15, 0.2) is 0 Å². The lowest BCUT2D eigenvalue weighted by Crippen LogP contribution is -2.28. The van der Waals surface area contributed by atoms with Crippen LogP contribution in [0.2, 0.25) is 0 Å². The van der Waals surface area contributed by atoms with Gasteiger partial charge in [-0.25, -0.2) is 9.78 Å². The summed E-state index contributed by atoms with van der Waals surface area (Å²) in [6.45, 7) is 6.75. The van der Waals surface area contributed by atoms with Crippen LogP contribution in [0.15, 0.2) is 42.4 Å². The van der Waals surface area contributed by atoms with E-state index >= 15 is 0 Å². The summed E-state index contributed by atoms with van der Waals surface area (Å²) in [5.74, 6) is 0.509. The van der Waals surface area contributed by atoms with Crippen LogP contribution < -0.4 is 16.0 Å². The Morgan fingerprint density at radius 1 is 1.19 bits per heavy atom. The van der Waals surface area contributed by atoms with Gasteiger partial charge in [-0.2, -0.15) is 0 Å². The standard InChI is InChI=1S/C20H25N5O/c1-4-6-16-7-13(3)17(12-22-16)18-8-14-11-24-19(9-15(14)10-23-18)25-20(26)21-5-2/h7-12,16,22H,4-6H2,1-3H3,(H2,21,24,25,26). The third-order valence-corrected chi connectivity index (χ3v) is 4.38. The highest BCUT2D eigenvalue weighted by Crippen LogP contribution is 2.27. The van der Waals surface area contributed by atoms with Crippen LogP contribution in [0.4, 0.5) is 10.6 Å². The zero-order valence-electron chi connectivity index (χ0n) is 15.5. The van der Waals surface area contributed by atoms with Crippen molar-refractivity contribution in [1.29, 1.82) is 0 Å². The summed E-state index contributed by atoms with van der Waals surface area (Å²) in [7, 11) is 0. The monoisotopic (exact) mass is 351 g/mol. The fourth-order valence-electron chi connectivity index (χ4n) is 3.07. The van der Waals surface area contributed by atoms with Crippen molar-refractivity contribution in [3.8, 4) is 0 Å². The maximum Gasteiger partial charge on any atom is 0.320 e. The Morgan fingerprint density at radius 2 is 1.96 bits per heavy atom. The van der Waals surface area contributed by atoms with Gasteiger partial charge >= 0.3 is 6.03 Å². The number of dihydropyridines is 1. The lowest BCUT2D eigenvalue weighted by molar-refractivity contribution is 0.252. The molecule has 3 rings (SSSR count). The molecule has 0 saturated carbocycles. The molecule has 0 aromatic carbocycles. The molecule has 1 unspecified atom stereocenters. The predicted octanol–water partition coefficient (Wildman–Crippen LogP) is 3.83. The molecule has 1 atom stereocenters. The number of carbonyl (C=O) groups is 1. The van der Waals surface area contributed by atoms with Gasteiger partial charge in [0.2, 0.25) is 0 Å². The van der Waals surface area contributed by atoms with Gasteiger partial charge < -0.3 is 10.6 Å². The molecule has 0 aliphatic carbocycles. The van der Waals surface area contributed by atoms with Gasteiger partial charge in [0.05, 0.1) is 5.69 Å². The molecular formula is C20H25N5O. The first-order valence-corrected chi connectivity index (χ1v) is 9.06. The number of hydrogen-bond acceptors (Lipinski definition) is 4. The molecule has 6 heteroatoms. The molecule has 0 saturated heterocycles. The van der Waals surface area contributed by atoms with E-state index in [0.717, 1.165) is 34.9 Å². The van der Waals surface area contributed by atoms with Crippen molar-refractivity contribution in [2.24, 2.45) is 0 Å². The number of amides is 2. The number of hydrogen-bond donors (Lipinski definition) is 3. The summed E-state index contributed by atoms with van der Waals surface area (Å²) in [5.41, 5.74) is 3.25. The molecule has 3 heterocycles. The summed E-state index contributed by atoms with van der Waals surface area (Å²) >= 11 is 0. The molecule has 6 nitrogen and oxygen atoms in total. The van der Waals surface area contributed by atoms with Crippen LogP contribution in [-0.4, -0.2) is 28.6 Å². The molecule has 0 spiro atoms. The van der Waals surface area contributed by atoms with Crippen LogP contribution in [-0.2, 0) is 0 Å². The van der Waals surface area contributed by atoms with Crippen molar-refractivity contribution in [2.75, 3.05) is 11.9 Å². The summed E-state index contributed by atoms with van der Waals surface area (Å²) in [5, 5.41) is 10.8.